The van der Waals surface area contributed by atoms with Crippen molar-refractivity contribution in [2.45, 2.75) is 43.8 Å². The molecule has 1 atom stereocenters. The first-order valence-electron chi connectivity index (χ1n) is 9.10. The van der Waals surface area contributed by atoms with Crippen LogP contribution in [0.1, 0.15) is 37.2 Å². The maximum Gasteiger partial charge on any atom is 0.137 e. The molecule has 1 aromatic rings. The quantitative estimate of drug-likeness (QED) is 0.669. The molecule has 2 heterocycles. The van der Waals surface area contributed by atoms with Crippen molar-refractivity contribution >= 4 is 0 Å². The van der Waals surface area contributed by atoms with Gasteiger partial charge in [0.2, 0.25) is 0 Å². The topological polar surface area (TPSA) is 82.9 Å². The molecule has 7 heteroatoms. The summed E-state index contributed by atoms with van der Waals surface area (Å²) in [7, 11) is 0. The molecule has 0 radical (unpaired) electrons. The van der Waals surface area contributed by atoms with Gasteiger partial charge in [-0.2, -0.15) is 0 Å². The van der Waals surface area contributed by atoms with Gasteiger partial charge in [0.15, 0.2) is 0 Å². The van der Waals surface area contributed by atoms with Gasteiger partial charge in [-0.15, -0.1) is 0 Å². The minimum Gasteiger partial charge on any atom is -0.390 e. The summed E-state index contributed by atoms with van der Waals surface area (Å²) >= 11 is 0. The Morgan fingerprint density at radius 3 is 2.80 bits per heavy atom. The highest BCUT2D eigenvalue weighted by Crippen LogP contribution is 2.39. The highest BCUT2D eigenvalue weighted by atomic mass is 16.6. The second-order valence-electron chi connectivity index (χ2n) is 6.71. The summed E-state index contributed by atoms with van der Waals surface area (Å²) in [5.74, 6) is 0.797. The molecule has 3 rings (SSSR count). The molecule has 140 valence electrons. The molecular formula is C18H28N2O5. The smallest absolute Gasteiger partial charge is 0.137 e. The van der Waals surface area contributed by atoms with Crippen LogP contribution in [0.4, 0.5) is 0 Å². The molecule has 1 saturated carbocycles. The zero-order valence-electron chi connectivity index (χ0n) is 14.7. The lowest BCUT2D eigenvalue weighted by Crippen LogP contribution is -2.33. The summed E-state index contributed by atoms with van der Waals surface area (Å²) < 4.78 is 22.4. The van der Waals surface area contributed by atoms with E-state index in [0.29, 0.717) is 51.9 Å². The Bertz CT molecular complexity index is 516. The van der Waals surface area contributed by atoms with Crippen molar-refractivity contribution in [1.82, 2.24) is 9.97 Å². The molecule has 2 fully saturated rings. The van der Waals surface area contributed by atoms with E-state index < -0.39 is 0 Å². The summed E-state index contributed by atoms with van der Waals surface area (Å²) in [4.78, 5) is 8.97. The van der Waals surface area contributed by atoms with Crippen LogP contribution in [0.3, 0.4) is 0 Å². The van der Waals surface area contributed by atoms with Gasteiger partial charge >= 0.3 is 0 Å². The van der Waals surface area contributed by atoms with Crippen LogP contribution in [0.25, 0.3) is 0 Å². The molecule has 1 aliphatic carbocycles. The Hall–Kier alpha value is -1.12. The predicted molar refractivity (Wildman–Crippen MR) is 90.3 cm³/mol. The summed E-state index contributed by atoms with van der Waals surface area (Å²) in [6, 6.07) is 1.75. The van der Waals surface area contributed by atoms with Gasteiger partial charge in [0.25, 0.3) is 0 Å². The van der Waals surface area contributed by atoms with Crippen LogP contribution in [0.2, 0.25) is 0 Å². The van der Waals surface area contributed by atoms with E-state index in [1.165, 1.54) is 0 Å². The molecule has 1 saturated heterocycles. The number of hydrogen-bond donors (Lipinski definition) is 1. The molecule has 0 bridgehead atoms. The van der Waals surface area contributed by atoms with Crippen LogP contribution in [0.15, 0.2) is 12.3 Å². The van der Waals surface area contributed by atoms with E-state index in [4.69, 9.17) is 18.9 Å². The molecule has 0 spiro atoms. The van der Waals surface area contributed by atoms with E-state index in [2.05, 4.69) is 9.97 Å². The molecule has 7 nitrogen and oxygen atoms in total. The van der Waals surface area contributed by atoms with E-state index in [1.54, 1.807) is 12.3 Å². The van der Waals surface area contributed by atoms with E-state index in [1.807, 2.05) is 0 Å². The Kier molecular flexibility index (Phi) is 7.12. The summed E-state index contributed by atoms with van der Waals surface area (Å²) in [5, 5.41) is 9.31. The van der Waals surface area contributed by atoms with Crippen LogP contribution in [0, 0.1) is 0 Å². The van der Waals surface area contributed by atoms with E-state index >= 15 is 0 Å². The van der Waals surface area contributed by atoms with Gasteiger partial charge in [-0.25, -0.2) is 9.97 Å². The lowest BCUT2D eigenvalue weighted by Gasteiger charge is -2.27. The van der Waals surface area contributed by atoms with Crippen LogP contribution >= 0.6 is 0 Å². The normalized spacial score (nSPS) is 23.0. The molecule has 0 amide bonds. The van der Waals surface area contributed by atoms with Crippen molar-refractivity contribution in [2.24, 2.45) is 0 Å². The van der Waals surface area contributed by atoms with Crippen LogP contribution in [-0.2, 0) is 31.0 Å². The summed E-state index contributed by atoms with van der Waals surface area (Å²) in [6.45, 7) is 4.05. The SMILES string of the molecule is OCc1ccnc(C2(COCCOC[C@H]3COCCO3)CCCC2)n1. The molecule has 25 heavy (non-hydrogen) atoms. The minimum absolute atomic E-state index is 0.0320. The molecular weight excluding hydrogens is 324 g/mol. The second-order valence-corrected chi connectivity index (χ2v) is 6.71. The third kappa shape index (κ3) is 5.18. The Morgan fingerprint density at radius 2 is 2.04 bits per heavy atom. The van der Waals surface area contributed by atoms with Crippen LogP contribution in [0.5, 0.6) is 0 Å². The average molecular weight is 352 g/mol. The van der Waals surface area contributed by atoms with Crippen molar-refractivity contribution in [3.8, 4) is 0 Å². The summed E-state index contributed by atoms with van der Waals surface area (Å²) in [6.07, 6.45) is 6.12. The minimum atomic E-state index is -0.133. The number of nitrogens with zero attached hydrogens (tertiary/aromatic N) is 2. The first-order valence-corrected chi connectivity index (χ1v) is 9.10. The molecule has 0 aromatic carbocycles. The third-order valence-electron chi connectivity index (χ3n) is 4.85. The van der Waals surface area contributed by atoms with E-state index in [-0.39, 0.29) is 18.1 Å². The van der Waals surface area contributed by atoms with Crippen molar-refractivity contribution < 1.29 is 24.1 Å². The van der Waals surface area contributed by atoms with Gasteiger partial charge in [-0.05, 0) is 18.9 Å². The highest BCUT2D eigenvalue weighted by Gasteiger charge is 2.38. The van der Waals surface area contributed by atoms with E-state index in [9.17, 15) is 5.11 Å². The molecule has 1 aromatic heterocycles. The summed E-state index contributed by atoms with van der Waals surface area (Å²) in [5.41, 5.74) is 0.528. The fraction of sp³-hybridized carbons (Fsp3) is 0.778. The lowest BCUT2D eigenvalue weighted by molar-refractivity contribution is -0.118. The maximum atomic E-state index is 9.31. The number of aromatic nitrogens is 2. The van der Waals surface area contributed by atoms with Crippen molar-refractivity contribution in [3.05, 3.63) is 23.8 Å². The third-order valence-corrected chi connectivity index (χ3v) is 4.85. The standard InChI is InChI=1S/C18H28N2O5/c21-11-15-3-6-19-17(20-15)18(4-1-2-5-18)14-24-8-7-22-12-16-13-23-9-10-25-16/h3,6,16,21H,1-2,4-5,7-14H2/t16-/m0/s1. The average Bonchev–Trinajstić information content (AvgIpc) is 3.15. The predicted octanol–water partition coefficient (Wildman–Crippen LogP) is 1.23. The van der Waals surface area contributed by atoms with Gasteiger partial charge in [0, 0.05) is 6.20 Å². The maximum absolute atomic E-state index is 9.31. The fourth-order valence-electron chi connectivity index (χ4n) is 3.46. The second kappa shape index (κ2) is 9.54. The zero-order chi connectivity index (χ0) is 17.4. The molecule has 0 unspecified atom stereocenters. The largest absolute Gasteiger partial charge is 0.390 e. The lowest BCUT2D eigenvalue weighted by atomic mass is 9.86. The highest BCUT2D eigenvalue weighted by molar-refractivity contribution is 5.14. The first-order chi connectivity index (χ1) is 12.3. The Labute approximate surface area is 148 Å². The molecule has 1 aliphatic heterocycles. The van der Waals surface area contributed by atoms with Crippen molar-refractivity contribution in [1.29, 1.82) is 0 Å². The molecule has 2 aliphatic rings. The zero-order valence-corrected chi connectivity index (χ0v) is 14.7. The van der Waals surface area contributed by atoms with E-state index in [0.717, 1.165) is 31.5 Å². The number of rotatable bonds is 9. The van der Waals surface area contributed by atoms with Gasteiger partial charge in [-0.1, -0.05) is 12.8 Å². The van der Waals surface area contributed by atoms with Crippen LogP contribution < -0.4 is 0 Å². The van der Waals surface area contributed by atoms with Gasteiger partial charge in [0.1, 0.15) is 11.9 Å². The van der Waals surface area contributed by atoms with Gasteiger partial charge < -0.3 is 24.1 Å². The monoisotopic (exact) mass is 352 g/mol. The number of ether oxygens (including phenoxy) is 4. The van der Waals surface area contributed by atoms with Gasteiger partial charge in [-0.3, -0.25) is 0 Å². The number of aliphatic hydroxyl groups is 1. The van der Waals surface area contributed by atoms with Crippen molar-refractivity contribution in [2.75, 3.05) is 46.2 Å². The van der Waals surface area contributed by atoms with Crippen molar-refractivity contribution in [3.63, 3.8) is 0 Å². The van der Waals surface area contributed by atoms with Crippen LogP contribution in [-0.4, -0.2) is 67.4 Å². The number of hydrogen-bond acceptors (Lipinski definition) is 7. The Balaban J connectivity index is 1.42. The first kappa shape index (κ1) is 18.7. The van der Waals surface area contributed by atoms with Gasteiger partial charge in [0.05, 0.1) is 64.0 Å². The number of aliphatic hydroxyl groups excluding tert-OH is 1. The fourth-order valence-corrected chi connectivity index (χ4v) is 3.46. The molecule has 1 N–H and O–H groups in total. The Morgan fingerprint density at radius 1 is 1.20 bits per heavy atom.